The van der Waals surface area contributed by atoms with Gasteiger partial charge in [-0.3, -0.25) is 9.59 Å². The molecule has 0 N–H and O–H groups in total. The lowest BCUT2D eigenvalue weighted by Gasteiger charge is -2.24. The van der Waals surface area contributed by atoms with Crippen LogP contribution in [0.25, 0.3) is 0 Å². The van der Waals surface area contributed by atoms with Gasteiger partial charge >= 0.3 is 0 Å². The summed E-state index contributed by atoms with van der Waals surface area (Å²) in [6.07, 6.45) is 1.87. The molecule has 5 nitrogen and oxygen atoms in total. The van der Waals surface area contributed by atoms with Crippen molar-refractivity contribution in [3.63, 3.8) is 0 Å². The second kappa shape index (κ2) is 4.65. The monoisotopic (exact) mass is 275 g/mol. The number of aryl methyl sites for hydroxylation is 1. The summed E-state index contributed by atoms with van der Waals surface area (Å²) in [4.78, 5) is 28.6. The maximum atomic E-state index is 12.5. The van der Waals surface area contributed by atoms with Crippen LogP contribution in [0.3, 0.4) is 0 Å². The number of carbonyl (C=O) groups excluding carboxylic acids is 2. The molecule has 108 valence electrons. The third-order valence-corrected chi connectivity index (χ3v) is 4.55. The zero-order chi connectivity index (χ0) is 14.4. The number of rotatable bonds is 2. The number of fused-ring (bicyclic) bond motifs is 1. The van der Waals surface area contributed by atoms with Gasteiger partial charge in [-0.05, 0) is 26.0 Å². The molecule has 2 fully saturated rings. The number of amides is 2. The average Bonchev–Trinajstić information content (AvgIpc) is 3.05. The lowest BCUT2D eigenvalue weighted by molar-refractivity contribution is -0.132. The Kier molecular flexibility index (Phi) is 3.07. The van der Waals surface area contributed by atoms with E-state index in [4.69, 9.17) is 0 Å². The van der Waals surface area contributed by atoms with E-state index < -0.39 is 0 Å². The Morgan fingerprint density at radius 1 is 1.30 bits per heavy atom. The summed E-state index contributed by atoms with van der Waals surface area (Å²) in [5, 5.41) is 0. The van der Waals surface area contributed by atoms with E-state index >= 15 is 0 Å². The minimum absolute atomic E-state index is 0.00150. The molecule has 1 aromatic heterocycles. The molecule has 5 heteroatoms. The Morgan fingerprint density at radius 3 is 2.60 bits per heavy atom. The quantitative estimate of drug-likeness (QED) is 0.807. The Morgan fingerprint density at radius 2 is 2.05 bits per heavy atom. The van der Waals surface area contributed by atoms with Crippen LogP contribution in [0.5, 0.6) is 0 Å². The van der Waals surface area contributed by atoms with Crippen LogP contribution in [0.15, 0.2) is 18.3 Å². The van der Waals surface area contributed by atoms with Gasteiger partial charge in [-0.2, -0.15) is 0 Å². The van der Waals surface area contributed by atoms with Gasteiger partial charge in [-0.1, -0.05) is 0 Å². The molecule has 0 aliphatic carbocycles. The number of hydrogen-bond acceptors (Lipinski definition) is 2. The maximum Gasteiger partial charge on any atom is 0.270 e. The molecule has 3 rings (SSSR count). The highest BCUT2D eigenvalue weighted by atomic mass is 16.2. The van der Waals surface area contributed by atoms with Crippen molar-refractivity contribution in [1.29, 1.82) is 0 Å². The summed E-state index contributed by atoms with van der Waals surface area (Å²) in [5.41, 5.74) is 0.693. The van der Waals surface area contributed by atoms with Crippen LogP contribution in [0.1, 0.15) is 24.3 Å². The van der Waals surface area contributed by atoms with E-state index in [1.54, 1.807) is 0 Å². The second-order valence-electron chi connectivity index (χ2n) is 6.17. The molecule has 2 saturated heterocycles. The first-order chi connectivity index (χ1) is 9.49. The van der Waals surface area contributed by atoms with E-state index in [-0.39, 0.29) is 23.8 Å². The van der Waals surface area contributed by atoms with E-state index in [1.165, 1.54) is 0 Å². The van der Waals surface area contributed by atoms with Crippen molar-refractivity contribution in [2.24, 2.45) is 18.9 Å². The van der Waals surface area contributed by atoms with Gasteiger partial charge in [0.05, 0.1) is 5.92 Å². The Balaban J connectivity index is 1.72. The number of hydrogen-bond donors (Lipinski definition) is 0. The van der Waals surface area contributed by atoms with E-state index in [0.29, 0.717) is 24.7 Å². The van der Waals surface area contributed by atoms with Crippen LogP contribution in [0, 0.1) is 11.8 Å². The van der Waals surface area contributed by atoms with Gasteiger partial charge in [0.2, 0.25) is 5.91 Å². The molecular weight excluding hydrogens is 254 g/mol. The van der Waals surface area contributed by atoms with Crippen molar-refractivity contribution < 1.29 is 9.59 Å². The fourth-order valence-corrected chi connectivity index (χ4v) is 3.37. The summed E-state index contributed by atoms with van der Waals surface area (Å²) in [5.74, 6) is 0.554. The summed E-state index contributed by atoms with van der Waals surface area (Å²) in [6, 6.07) is 3.96. The zero-order valence-electron chi connectivity index (χ0n) is 12.2. The lowest BCUT2D eigenvalue weighted by Crippen LogP contribution is -2.39. The smallest absolute Gasteiger partial charge is 0.270 e. The standard InChI is InChI=1S/C15H21N3O2/c1-10(2)18-8-11-7-17(9-12(11)14(18)19)15(20)13-5-4-6-16(13)3/h4-6,10-12H,7-9H2,1-3H3/t11-,12-/m1/s1. The molecule has 0 radical (unpaired) electrons. The van der Waals surface area contributed by atoms with E-state index in [2.05, 4.69) is 0 Å². The Hall–Kier alpha value is -1.78. The van der Waals surface area contributed by atoms with E-state index in [0.717, 1.165) is 6.54 Å². The summed E-state index contributed by atoms with van der Waals surface area (Å²) < 4.78 is 1.83. The largest absolute Gasteiger partial charge is 0.347 e. The molecule has 20 heavy (non-hydrogen) atoms. The predicted molar refractivity (Wildman–Crippen MR) is 75.1 cm³/mol. The number of carbonyl (C=O) groups is 2. The van der Waals surface area contributed by atoms with Crippen LogP contribution in [-0.2, 0) is 11.8 Å². The third-order valence-electron chi connectivity index (χ3n) is 4.55. The maximum absolute atomic E-state index is 12.5. The summed E-state index contributed by atoms with van der Waals surface area (Å²) in [7, 11) is 1.87. The molecular formula is C15H21N3O2. The molecule has 2 amide bonds. The molecule has 1 aromatic rings. The molecule has 0 bridgehead atoms. The van der Waals surface area contributed by atoms with Gasteiger partial charge in [0.1, 0.15) is 5.69 Å². The first-order valence-corrected chi connectivity index (χ1v) is 7.20. The fraction of sp³-hybridized carbons (Fsp3) is 0.600. The van der Waals surface area contributed by atoms with Gasteiger partial charge < -0.3 is 14.4 Å². The minimum Gasteiger partial charge on any atom is -0.347 e. The van der Waals surface area contributed by atoms with Crippen molar-refractivity contribution in [3.8, 4) is 0 Å². The molecule has 2 aliphatic heterocycles. The van der Waals surface area contributed by atoms with Crippen LogP contribution in [-0.4, -0.2) is 51.9 Å². The van der Waals surface area contributed by atoms with Gasteiger partial charge in [-0.15, -0.1) is 0 Å². The molecule has 0 aromatic carbocycles. The average molecular weight is 275 g/mol. The molecule has 0 unspecified atom stereocenters. The second-order valence-corrected chi connectivity index (χ2v) is 6.17. The predicted octanol–water partition coefficient (Wildman–Crippen LogP) is 0.964. The molecule has 2 aliphatic rings. The van der Waals surface area contributed by atoms with Gasteiger partial charge in [0.15, 0.2) is 0 Å². The normalized spacial score (nSPS) is 25.7. The van der Waals surface area contributed by atoms with E-state index in [9.17, 15) is 9.59 Å². The topological polar surface area (TPSA) is 45.5 Å². The van der Waals surface area contributed by atoms with E-state index in [1.807, 2.05) is 53.6 Å². The fourth-order valence-electron chi connectivity index (χ4n) is 3.37. The molecule has 3 heterocycles. The minimum atomic E-state index is 0.00150. The van der Waals surface area contributed by atoms with Gasteiger partial charge in [0.25, 0.3) is 5.91 Å². The van der Waals surface area contributed by atoms with Crippen molar-refractivity contribution in [1.82, 2.24) is 14.4 Å². The number of likely N-dealkylation sites (tertiary alicyclic amines) is 2. The van der Waals surface area contributed by atoms with Gasteiger partial charge in [0, 0.05) is 44.8 Å². The zero-order valence-corrected chi connectivity index (χ0v) is 12.2. The molecule has 0 saturated carbocycles. The Bertz CT molecular complexity index is 549. The first-order valence-electron chi connectivity index (χ1n) is 7.20. The van der Waals surface area contributed by atoms with Crippen molar-refractivity contribution in [2.75, 3.05) is 19.6 Å². The summed E-state index contributed by atoms with van der Waals surface area (Å²) in [6.45, 7) is 6.15. The number of nitrogens with zero attached hydrogens (tertiary/aromatic N) is 3. The SMILES string of the molecule is CC(C)N1C[C@H]2CN(C(=O)c3cccn3C)C[C@H]2C1=O. The van der Waals surface area contributed by atoms with Crippen molar-refractivity contribution in [3.05, 3.63) is 24.0 Å². The van der Waals surface area contributed by atoms with Crippen molar-refractivity contribution in [2.45, 2.75) is 19.9 Å². The molecule has 0 spiro atoms. The highest BCUT2D eigenvalue weighted by Gasteiger charge is 2.48. The number of aromatic nitrogens is 1. The highest BCUT2D eigenvalue weighted by Crippen LogP contribution is 2.33. The van der Waals surface area contributed by atoms with Crippen LogP contribution >= 0.6 is 0 Å². The first kappa shape index (κ1) is 13.2. The third kappa shape index (κ3) is 1.92. The van der Waals surface area contributed by atoms with Gasteiger partial charge in [-0.25, -0.2) is 0 Å². The summed E-state index contributed by atoms with van der Waals surface area (Å²) >= 11 is 0. The molecule has 2 atom stereocenters. The Labute approximate surface area is 119 Å². The van der Waals surface area contributed by atoms with Crippen LogP contribution in [0.4, 0.5) is 0 Å². The van der Waals surface area contributed by atoms with Crippen LogP contribution < -0.4 is 0 Å². The van der Waals surface area contributed by atoms with Crippen LogP contribution in [0.2, 0.25) is 0 Å². The highest BCUT2D eigenvalue weighted by molar-refractivity contribution is 5.94. The van der Waals surface area contributed by atoms with Crippen molar-refractivity contribution >= 4 is 11.8 Å². The lowest BCUT2D eigenvalue weighted by atomic mass is 10.0.